The molecule has 0 amide bonds. The summed E-state index contributed by atoms with van der Waals surface area (Å²) < 4.78 is 10.1. The van der Waals surface area contributed by atoms with Gasteiger partial charge in [0.05, 0.1) is 18.1 Å². The van der Waals surface area contributed by atoms with Crippen LogP contribution in [-0.4, -0.2) is 18.6 Å². The number of aliphatic imine (C=N–C) groups is 1. The Bertz CT molecular complexity index is 549. The lowest BCUT2D eigenvalue weighted by molar-refractivity contribution is 0.0763. The van der Waals surface area contributed by atoms with Gasteiger partial charge in [-0.25, -0.2) is 4.79 Å². The van der Waals surface area contributed by atoms with E-state index in [9.17, 15) is 4.79 Å². The van der Waals surface area contributed by atoms with E-state index in [0.29, 0.717) is 5.76 Å². The van der Waals surface area contributed by atoms with Crippen molar-refractivity contribution in [2.75, 3.05) is 6.61 Å². The third-order valence-electron chi connectivity index (χ3n) is 2.88. The fourth-order valence-corrected chi connectivity index (χ4v) is 2.05. The van der Waals surface area contributed by atoms with Crippen LogP contribution in [0, 0.1) is 0 Å². The fraction of sp³-hybridized carbons (Fsp3) is 0.333. The van der Waals surface area contributed by atoms with Gasteiger partial charge in [0.2, 0.25) is 0 Å². The van der Waals surface area contributed by atoms with Crippen LogP contribution in [0.3, 0.4) is 0 Å². The molecule has 1 unspecified atom stereocenters. The maximum atomic E-state index is 11.6. The zero-order chi connectivity index (χ0) is 14.5. The van der Waals surface area contributed by atoms with Crippen molar-refractivity contribution in [1.29, 1.82) is 0 Å². The van der Waals surface area contributed by atoms with Crippen molar-refractivity contribution in [3.8, 4) is 0 Å². The van der Waals surface area contributed by atoms with E-state index in [4.69, 9.17) is 9.47 Å². The maximum absolute atomic E-state index is 11.6. The molecule has 1 aliphatic rings. The molecule has 0 spiro atoms. The second-order valence-corrected chi connectivity index (χ2v) is 4.43. The standard InChI is InChI=1S/C15H18N2O3/c1-4-19-15(18)20-14-10(2)16-11(3)17-13(14)12-8-6-5-7-9-12/h5-9,13H,4H2,1-3H3,(H,16,17). The first-order valence-corrected chi connectivity index (χ1v) is 6.53. The predicted octanol–water partition coefficient (Wildman–Crippen LogP) is 3.15. The molecule has 1 N–H and O–H groups in total. The minimum atomic E-state index is -0.709. The Morgan fingerprint density at radius 2 is 2.00 bits per heavy atom. The zero-order valence-corrected chi connectivity index (χ0v) is 11.8. The number of rotatable bonds is 3. The van der Waals surface area contributed by atoms with Crippen LogP contribution < -0.4 is 5.32 Å². The van der Waals surface area contributed by atoms with E-state index in [2.05, 4.69) is 10.3 Å². The lowest BCUT2D eigenvalue weighted by atomic mass is 10.0. The molecule has 0 fully saturated rings. The monoisotopic (exact) mass is 274 g/mol. The van der Waals surface area contributed by atoms with Gasteiger partial charge in [-0.3, -0.25) is 4.99 Å². The van der Waals surface area contributed by atoms with Gasteiger partial charge >= 0.3 is 6.16 Å². The highest BCUT2D eigenvalue weighted by molar-refractivity contribution is 5.83. The molecule has 1 aromatic rings. The van der Waals surface area contributed by atoms with Crippen LogP contribution in [0.1, 0.15) is 32.4 Å². The summed E-state index contributed by atoms with van der Waals surface area (Å²) in [7, 11) is 0. The van der Waals surface area contributed by atoms with Crippen molar-refractivity contribution in [3.05, 3.63) is 47.4 Å². The molecule has 0 aromatic heterocycles. The summed E-state index contributed by atoms with van der Waals surface area (Å²) in [6.07, 6.45) is -0.709. The van der Waals surface area contributed by atoms with Gasteiger partial charge in [0.25, 0.3) is 0 Å². The Morgan fingerprint density at radius 1 is 1.30 bits per heavy atom. The second-order valence-electron chi connectivity index (χ2n) is 4.43. The second kappa shape index (κ2) is 6.23. The minimum absolute atomic E-state index is 0.275. The van der Waals surface area contributed by atoms with Crippen LogP contribution in [0.2, 0.25) is 0 Å². The van der Waals surface area contributed by atoms with Gasteiger partial charge in [0.1, 0.15) is 6.04 Å². The summed E-state index contributed by atoms with van der Waals surface area (Å²) in [4.78, 5) is 16.1. The van der Waals surface area contributed by atoms with Crippen molar-refractivity contribution in [1.82, 2.24) is 5.32 Å². The Kier molecular flexibility index (Phi) is 4.40. The number of hydrogen-bond acceptors (Lipinski definition) is 5. The topological polar surface area (TPSA) is 59.9 Å². The molecule has 1 heterocycles. The van der Waals surface area contributed by atoms with Crippen LogP contribution in [0.4, 0.5) is 4.79 Å². The average molecular weight is 274 g/mol. The van der Waals surface area contributed by atoms with E-state index in [0.717, 1.165) is 17.1 Å². The fourth-order valence-electron chi connectivity index (χ4n) is 2.05. The molecule has 20 heavy (non-hydrogen) atoms. The summed E-state index contributed by atoms with van der Waals surface area (Å²) in [5.41, 5.74) is 1.73. The number of carbonyl (C=O) groups excluding carboxylic acids is 1. The Hall–Kier alpha value is -2.30. The first kappa shape index (κ1) is 14.1. The molecule has 0 saturated carbocycles. The molecular weight excluding hydrogens is 256 g/mol. The molecule has 106 valence electrons. The smallest absolute Gasteiger partial charge is 0.434 e. The van der Waals surface area contributed by atoms with Gasteiger partial charge < -0.3 is 14.8 Å². The Morgan fingerprint density at radius 3 is 2.65 bits per heavy atom. The van der Waals surface area contributed by atoms with E-state index in [-0.39, 0.29) is 12.6 Å². The zero-order valence-electron chi connectivity index (χ0n) is 11.8. The van der Waals surface area contributed by atoms with E-state index in [1.165, 1.54) is 0 Å². The molecule has 1 atom stereocenters. The molecule has 1 aliphatic heterocycles. The van der Waals surface area contributed by atoms with Gasteiger partial charge in [-0.05, 0) is 26.3 Å². The molecule has 1 aromatic carbocycles. The van der Waals surface area contributed by atoms with Gasteiger partial charge in [0.15, 0.2) is 5.76 Å². The van der Waals surface area contributed by atoms with Gasteiger partial charge in [-0.2, -0.15) is 0 Å². The molecule has 0 aliphatic carbocycles. The highest BCUT2D eigenvalue weighted by Gasteiger charge is 2.26. The molecule has 0 radical (unpaired) electrons. The summed E-state index contributed by atoms with van der Waals surface area (Å²) in [5.74, 6) is 1.26. The molecule has 5 nitrogen and oxygen atoms in total. The number of nitrogens with zero attached hydrogens (tertiary/aromatic N) is 1. The van der Waals surface area contributed by atoms with Crippen LogP contribution in [-0.2, 0) is 9.47 Å². The van der Waals surface area contributed by atoms with E-state index in [1.807, 2.05) is 44.2 Å². The summed E-state index contributed by atoms with van der Waals surface area (Å²) in [6, 6.07) is 9.37. The lowest BCUT2D eigenvalue weighted by Crippen LogP contribution is -2.28. The molecule has 0 saturated heterocycles. The summed E-state index contributed by atoms with van der Waals surface area (Å²) in [6.45, 7) is 5.73. The quantitative estimate of drug-likeness (QED) is 0.860. The van der Waals surface area contributed by atoms with Crippen LogP contribution in [0.15, 0.2) is 46.8 Å². The normalized spacial score (nSPS) is 18.1. The van der Waals surface area contributed by atoms with Crippen molar-refractivity contribution in [2.24, 2.45) is 4.99 Å². The predicted molar refractivity (Wildman–Crippen MR) is 76.2 cm³/mol. The maximum Gasteiger partial charge on any atom is 0.513 e. The molecule has 0 bridgehead atoms. The van der Waals surface area contributed by atoms with Crippen molar-refractivity contribution in [2.45, 2.75) is 26.8 Å². The van der Waals surface area contributed by atoms with E-state index < -0.39 is 6.16 Å². The number of hydrogen-bond donors (Lipinski definition) is 1. The third-order valence-corrected chi connectivity index (χ3v) is 2.88. The summed E-state index contributed by atoms with van der Waals surface area (Å²) >= 11 is 0. The average Bonchev–Trinajstić information content (AvgIpc) is 2.43. The van der Waals surface area contributed by atoms with Crippen LogP contribution >= 0.6 is 0 Å². The van der Waals surface area contributed by atoms with Crippen molar-refractivity contribution in [3.63, 3.8) is 0 Å². The van der Waals surface area contributed by atoms with Gasteiger partial charge in [0, 0.05) is 0 Å². The highest BCUT2D eigenvalue weighted by atomic mass is 16.7. The largest absolute Gasteiger partial charge is 0.513 e. The number of benzene rings is 1. The van der Waals surface area contributed by atoms with Crippen LogP contribution in [0.25, 0.3) is 0 Å². The number of carbonyl (C=O) groups is 1. The first-order chi connectivity index (χ1) is 9.61. The molecular formula is C15H18N2O3. The Labute approximate surface area is 118 Å². The first-order valence-electron chi connectivity index (χ1n) is 6.53. The number of allylic oxidation sites excluding steroid dienone is 1. The van der Waals surface area contributed by atoms with Gasteiger partial charge in [-0.1, -0.05) is 30.3 Å². The van der Waals surface area contributed by atoms with E-state index in [1.54, 1.807) is 6.92 Å². The third kappa shape index (κ3) is 3.17. The Balaban J connectivity index is 2.30. The van der Waals surface area contributed by atoms with Crippen molar-refractivity contribution < 1.29 is 14.3 Å². The molecule has 2 rings (SSSR count). The van der Waals surface area contributed by atoms with E-state index >= 15 is 0 Å². The SMILES string of the molecule is CCOC(=O)OC1=C(C)NC(C)=NC1c1ccccc1. The van der Waals surface area contributed by atoms with Crippen LogP contribution in [0.5, 0.6) is 0 Å². The minimum Gasteiger partial charge on any atom is -0.434 e. The van der Waals surface area contributed by atoms with Gasteiger partial charge in [-0.15, -0.1) is 0 Å². The number of amidine groups is 1. The molecule has 5 heteroatoms. The number of ether oxygens (including phenoxy) is 2. The summed E-state index contributed by atoms with van der Waals surface area (Å²) in [5, 5.41) is 3.07. The number of nitrogens with one attached hydrogen (secondary N) is 1. The highest BCUT2D eigenvalue weighted by Crippen LogP contribution is 2.31. The lowest BCUT2D eigenvalue weighted by Gasteiger charge is -2.24. The van der Waals surface area contributed by atoms with Crippen molar-refractivity contribution >= 4 is 12.0 Å².